The van der Waals surface area contributed by atoms with Crippen LogP contribution in [0.15, 0.2) is 30.3 Å². The van der Waals surface area contributed by atoms with E-state index in [1.807, 2.05) is 30.3 Å². The third kappa shape index (κ3) is 3.39. The maximum Gasteiger partial charge on any atom is 0.119 e. The molecule has 0 spiro atoms. The van der Waals surface area contributed by atoms with Gasteiger partial charge in [-0.3, -0.25) is 0 Å². The van der Waals surface area contributed by atoms with Crippen LogP contribution in [-0.4, -0.2) is 13.2 Å². The van der Waals surface area contributed by atoms with E-state index in [9.17, 15) is 0 Å². The second-order valence-corrected chi connectivity index (χ2v) is 2.43. The number of para-hydroxylation sites is 1. The fourth-order valence-corrected chi connectivity index (χ4v) is 0.840. The van der Waals surface area contributed by atoms with Crippen LogP contribution in [0.4, 0.5) is 0 Å². The summed E-state index contributed by atoms with van der Waals surface area (Å²) in [7, 11) is 0. The molecule has 0 saturated carbocycles. The molecule has 60 valence electrons. The van der Waals surface area contributed by atoms with Gasteiger partial charge in [0.15, 0.2) is 0 Å². The molecule has 3 heteroatoms. The van der Waals surface area contributed by atoms with Crippen molar-refractivity contribution in [2.75, 3.05) is 13.2 Å². The lowest BCUT2D eigenvalue weighted by Gasteiger charge is -2.02. The molecule has 0 aromatic heterocycles. The normalized spacial score (nSPS) is 9.55. The van der Waals surface area contributed by atoms with Gasteiger partial charge in [0, 0.05) is 0 Å². The van der Waals surface area contributed by atoms with Crippen LogP contribution in [0.1, 0.15) is 0 Å². The Balaban J connectivity index is 2.28. The van der Waals surface area contributed by atoms with Crippen LogP contribution in [0.5, 0.6) is 5.75 Å². The van der Waals surface area contributed by atoms with Crippen LogP contribution in [0.3, 0.4) is 0 Å². The van der Waals surface area contributed by atoms with Crippen molar-refractivity contribution in [1.29, 1.82) is 0 Å². The predicted octanol–water partition coefficient (Wildman–Crippen LogP) is 2.39. The first-order valence-corrected chi connectivity index (χ1v) is 3.99. The summed E-state index contributed by atoms with van der Waals surface area (Å²) in [5, 5.41) is 0. The molecule has 0 amide bonds. The molecule has 2 nitrogen and oxygen atoms in total. The highest BCUT2D eigenvalue weighted by Gasteiger charge is 1.89. The molecule has 0 saturated heterocycles. The second-order valence-electron chi connectivity index (χ2n) is 1.97. The van der Waals surface area contributed by atoms with Crippen molar-refractivity contribution in [2.24, 2.45) is 0 Å². The smallest absolute Gasteiger partial charge is 0.119 e. The van der Waals surface area contributed by atoms with E-state index < -0.39 is 0 Å². The van der Waals surface area contributed by atoms with Crippen molar-refractivity contribution < 1.29 is 8.57 Å². The molecule has 0 fully saturated rings. The lowest BCUT2D eigenvalue weighted by Crippen LogP contribution is -2.01. The van der Waals surface area contributed by atoms with Gasteiger partial charge in [0.05, 0.1) is 22.9 Å². The fraction of sp³-hybridized carbons (Fsp3) is 0.250. The number of rotatable bonds is 4. The van der Waals surface area contributed by atoms with E-state index in [0.29, 0.717) is 13.2 Å². The minimum absolute atomic E-state index is 0.550. The molecule has 0 radical (unpaired) electrons. The monoisotopic (exact) mass is 216 g/mol. The average molecular weight is 217 g/mol. The lowest BCUT2D eigenvalue weighted by atomic mass is 10.3. The van der Waals surface area contributed by atoms with Crippen molar-refractivity contribution >= 4 is 16.3 Å². The van der Waals surface area contributed by atoms with Crippen LogP contribution >= 0.6 is 16.3 Å². The Bertz CT molecular complexity index is 189. The molecule has 0 aliphatic heterocycles. The van der Waals surface area contributed by atoms with Crippen LogP contribution in [0.25, 0.3) is 0 Å². The quantitative estimate of drug-likeness (QED) is 0.721. The molecular weight excluding hydrogens is 208 g/mol. The van der Waals surface area contributed by atoms with Gasteiger partial charge in [0.25, 0.3) is 0 Å². The third-order valence-electron chi connectivity index (χ3n) is 1.17. The van der Waals surface area contributed by atoms with Gasteiger partial charge in [-0.2, -0.15) is 0 Å². The third-order valence-corrected chi connectivity index (χ3v) is 1.50. The average Bonchev–Trinajstić information content (AvgIpc) is 2.07. The number of hydrogen-bond acceptors (Lipinski definition) is 2. The van der Waals surface area contributed by atoms with Gasteiger partial charge in [-0.15, -0.1) is 0 Å². The molecule has 0 aliphatic rings. The Morgan fingerprint density at radius 3 is 2.45 bits per heavy atom. The van der Waals surface area contributed by atoms with E-state index in [0.717, 1.165) is 5.75 Å². The Hall–Kier alpha value is -0.540. The topological polar surface area (TPSA) is 18.5 Å². The van der Waals surface area contributed by atoms with E-state index >= 15 is 0 Å². The van der Waals surface area contributed by atoms with E-state index in [1.54, 1.807) is 0 Å². The molecule has 1 rings (SSSR count). The van der Waals surface area contributed by atoms with Gasteiger partial charge in [-0.05, 0) is 12.1 Å². The second kappa shape index (κ2) is 5.16. The summed E-state index contributed by atoms with van der Waals surface area (Å²) >= 11 is 2.84. The zero-order chi connectivity index (χ0) is 7.94. The number of ether oxygens (including phenoxy) is 1. The maximum absolute atomic E-state index is 5.29. The minimum atomic E-state index is 0.550. The summed E-state index contributed by atoms with van der Waals surface area (Å²) in [5.74, 6) is 0.872. The van der Waals surface area contributed by atoms with Crippen molar-refractivity contribution in [3.05, 3.63) is 30.3 Å². The van der Waals surface area contributed by atoms with Gasteiger partial charge in [0.1, 0.15) is 12.4 Å². The molecule has 1 aromatic rings. The Kier molecular flexibility index (Phi) is 4.01. The zero-order valence-electron chi connectivity index (χ0n) is 6.00. The van der Waals surface area contributed by atoms with Gasteiger partial charge < -0.3 is 8.57 Å². The summed E-state index contributed by atoms with van der Waals surface area (Å²) in [6, 6.07) is 9.64. The summed E-state index contributed by atoms with van der Waals surface area (Å²) in [6.07, 6.45) is 0. The molecule has 0 unspecified atom stereocenters. The molecule has 11 heavy (non-hydrogen) atoms. The van der Waals surface area contributed by atoms with E-state index in [4.69, 9.17) is 4.74 Å². The number of hydrogen-bond donors (Lipinski definition) is 0. The number of benzene rings is 1. The van der Waals surface area contributed by atoms with Crippen LogP contribution in [-0.2, 0) is 3.83 Å². The van der Waals surface area contributed by atoms with Gasteiger partial charge in [0.2, 0.25) is 0 Å². The summed E-state index contributed by atoms with van der Waals surface area (Å²) < 4.78 is 9.94. The summed E-state index contributed by atoms with van der Waals surface area (Å²) in [4.78, 5) is 0. The zero-order valence-corrected chi connectivity index (χ0v) is 7.58. The SMILES string of the molecule is BrOCCOc1ccccc1. The van der Waals surface area contributed by atoms with Gasteiger partial charge in [-0.25, -0.2) is 0 Å². The number of halogens is 1. The Morgan fingerprint density at radius 1 is 1.09 bits per heavy atom. The van der Waals surface area contributed by atoms with Crippen LogP contribution in [0, 0.1) is 0 Å². The van der Waals surface area contributed by atoms with Crippen LogP contribution in [0.2, 0.25) is 0 Å². The molecule has 0 bridgehead atoms. The Morgan fingerprint density at radius 2 is 1.82 bits per heavy atom. The highest BCUT2D eigenvalue weighted by Crippen LogP contribution is 2.07. The lowest BCUT2D eigenvalue weighted by molar-refractivity contribution is 0.246. The Labute approximate surface area is 74.6 Å². The minimum Gasteiger partial charge on any atom is -0.491 e. The van der Waals surface area contributed by atoms with Crippen molar-refractivity contribution in [3.8, 4) is 5.75 Å². The molecule has 0 atom stereocenters. The summed E-state index contributed by atoms with van der Waals surface area (Å²) in [5.41, 5.74) is 0. The predicted molar refractivity (Wildman–Crippen MR) is 46.8 cm³/mol. The first-order chi connectivity index (χ1) is 5.43. The van der Waals surface area contributed by atoms with E-state index in [1.165, 1.54) is 0 Å². The first kappa shape index (κ1) is 8.56. The summed E-state index contributed by atoms with van der Waals surface area (Å²) in [6.45, 7) is 1.12. The maximum atomic E-state index is 5.29. The van der Waals surface area contributed by atoms with Gasteiger partial charge in [-0.1, -0.05) is 18.2 Å². The molecule has 0 N–H and O–H groups in total. The first-order valence-electron chi connectivity index (χ1n) is 3.35. The van der Waals surface area contributed by atoms with Crippen LogP contribution < -0.4 is 4.74 Å². The van der Waals surface area contributed by atoms with Crippen molar-refractivity contribution in [1.82, 2.24) is 0 Å². The van der Waals surface area contributed by atoms with Crippen molar-refractivity contribution in [3.63, 3.8) is 0 Å². The van der Waals surface area contributed by atoms with Crippen molar-refractivity contribution in [2.45, 2.75) is 0 Å². The molecule has 1 aromatic carbocycles. The van der Waals surface area contributed by atoms with E-state index in [2.05, 4.69) is 20.1 Å². The molecule has 0 aliphatic carbocycles. The fourth-order valence-electron chi connectivity index (χ4n) is 0.708. The standard InChI is InChI=1S/C8H9BrO2/c9-11-7-6-10-8-4-2-1-3-5-8/h1-5H,6-7H2. The highest BCUT2D eigenvalue weighted by molar-refractivity contribution is 9.06. The van der Waals surface area contributed by atoms with Gasteiger partial charge >= 0.3 is 0 Å². The largest absolute Gasteiger partial charge is 0.491 e. The highest BCUT2D eigenvalue weighted by atomic mass is 79.9. The molecular formula is C8H9BrO2. The van der Waals surface area contributed by atoms with E-state index in [-0.39, 0.29) is 0 Å². The molecule has 0 heterocycles.